The van der Waals surface area contributed by atoms with Crippen LogP contribution in [0.1, 0.15) is 43.6 Å². The maximum atomic E-state index is 12.9. The Balaban J connectivity index is 1.79. The van der Waals surface area contributed by atoms with Crippen LogP contribution < -0.4 is 10.6 Å². The molecule has 6 nitrogen and oxygen atoms in total. The van der Waals surface area contributed by atoms with Gasteiger partial charge in [-0.05, 0) is 44.2 Å². The third-order valence-electron chi connectivity index (χ3n) is 5.50. The van der Waals surface area contributed by atoms with Crippen LogP contribution in [0.4, 0.5) is 0 Å². The minimum absolute atomic E-state index is 0.154. The first-order valence-corrected chi connectivity index (χ1v) is 9.46. The lowest BCUT2D eigenvalue weighted by Crippen LogP contribution is -2.51. The smallest absolute Gasteiger partial charge is 0.268 e. The highest BCUT2D eigenvalue weighted by atomic mass is 16.2. The van der Waals surface area contributed by atoms with E-state index in [9.17, 15) is 9.59 Å². The normalized spacial score (nSPS) is 23.4. The van der Waals surface area contributed by atoms with E-state index in [0.717, 1.165) is 23.7 Å². The zero-order valence-electron chi connectivity index (χ0n) is 16.0. The van der Waals surface area contributed by atoms with Gasteiger partial charge in [-0.3, -0.25) is 9.59 Å². The zero-order chi connectivity index (χ0) is 19.6. The minimum atomic E-state index is -0.536. The Morgan fingerprint density at radius 1 is 1.30 bits per heavy atom. The van der Waals surface area contributed by atoms with Crippen molar-refractivity contribution < 1.29 is 9.59 Å². The van der Waals surface area contributed by atoms with E-state index in [1.807, 2.05) is 48.0 Å². The highest BCUT2D eigenvalue weighted by Crippen LogP contribution is 2.30. The summed E-state index contributed by atoms with van der Waals surface area (Å²) in [6.45, 7) is 3.80. The van der Waals surface area contributed by atoms with Gasteiger partial charge in [0.1, 0.15) is 11.7 Å². The van der Waals surface area contributed by atoms with Gasteiger partial charge in [0.25, 0.3) is 5.91 Å². The van der Waals surface area contributed by atoms with Gasteiger partial charge in [-0.15, -0.1) is 0 Å². The molecule has 3 rings (SSSR count). The van der Waals surface area contributed by atoms with Crippen LogP contribution >= 0.6 is 0 Å². The molecule has 1 saturated carbocycles. The number of hydrogen-bond acceptors (Lipinski definition) is 3. The number of nitrogens with zero attached hydrogens (tertiary/aromatic N) is 2. The van der Waals surface area contributed by atoms with E-state index < -0.39 is 6.04 Å². The van der Waals surface area contributed by atoms with Crippen molar-refractivity contribution in [2.45, 2.75) is 45.2 Å². The van der Waals surface area contributed by atoms with Gasteiger partial charge in [0.05, 0.1) is 12.0 Å². The van der Waals surface area contributed by atoms with Crippen molar-refractivity contribution in [3.05, 3.63) is 36.0 Å². The first kappa shape index (κ1) is 19.0. The summed E-state index contributed by atoms with van der Waals surface area (Å²) in [7, 11) is 1.87. The highest BCUT2D eigenvalue weighted by Gasteiger charge is 2.35. The molecule has 4 atom stereocenters. The van der Waals surface area contributed by atoms with E-state index in [4.69, 9.17) is 5.26 Å². The van der Waals surface area contributed by atoms with Gasteiger partial charge in [-0.2, -0.15) is 5.26 Å². The van der Waals surface area contributed by atoms with Crippen LogP contribution in [0.3, 0.4) is 0 Å². The molecule has 1 aliphatic carbocycles. The summed E-state index contributed by atoms with van der Waals surface area (Å²) in [4.78, 5) is 25.5. The second kappa shape index (κ2) is 7.83. The number of aryl methyl sites for hydroxylation is 1. The number of carbonyl (C=O) groups excluding carboxylic acids is 2. The van der Waals surface area contributed by atoms with E-state index in [1.165, 1.54) is 0 Å². The largest absolute Gasteiger partial charge is 0.347 e. The fraction of sp³-hybridized carbons (Fsp3) is 0.476. The molecule has 1 aliphatic rings. The van der Waals surface area contributed by atoms with E-state index in [2.05, 4.69) is 17.6 Å². The third-order valence-corrected chi connectivity index (χ3v) is 5.50. The van der Waals surface area contributed by atoms with Gasteiger partial charge in [0.2, 0.25) is 5.91 Å². The van der Waals surface area contributed by atoms with Gasteiger partial charge in [0.15, 0.2) is 0 Å². The second-order valence-corrected chi connectivity index (χ2v) is 7.61. The van der Waals surface area contributed by atoms with Gasteiger partial charge < -0.3 is 15.2 Å². The minimum Gasteiger partial charge on any atom is -0.347 e. The molecule has 1 aromatic carbocycles. The number of benzene rings is 1. The molecule has 27 heavy (non-hydrogen) atoms. The van der Waals surface area contributed by atoms with Crippen LogP contribution in [-0.2, 0) is 11.8 Å². The lowest BCUT2D eigenvalue weighted by Gasteiger charge is -2.34. The van der Waals surface area contributed by atoms with Crippen LogP contribution in [0.5, 0.6) is 0 Å². The Kier molecular flexibility index (Phi) is 5.50. The second-order valence-electron chi connectivity index (χ2n) is 7.61. The molecule has 0 saturated heterocycles. The Labute approximate surface area is 159 Å². The quantitative estimate of drug-likeness (QED) is 0.872. The lowest BCUT2D eigenvalue weighted by molar-refractivity contribution is -0.127. The summed E-state index contributed by atoms with van der Waals surface area (Å²) in [6.07, 6.45) is 2.42. The van der Waals surface area contributed by atoms with Gasteiger partial charge in [0, 0.05) is 24.0 Å². The predicted molar refractivity (Wildman–Crippen MR) is 104 cm³/mol. The van der Waals surface area contributed by atoms with Crippen molar-refractivity contribution in [3.8, 4) is 6.07 Å². The number of hydrogen-bond donors (Lipinski definition) is 2. The van der Waals surface area contributed by atoms with E-state index in [-0.39, 0.29) is 23.8 Å². The molecule has 142 valence electrons. The van der Waals surface area contributed by atoms with Crippen molar-refractivity contribution in [1.82, 2.24) is 15.2 Å². The van der Waals surface area contributed by atoms with Crippen LogP contribution in [-0.4, -0.2) is 28.5 Å². The molecule has 0 radical (unpaired) electrons. The van der Waals surface area contributed by atoms with Crippen molar-refractivity contribution in [2.75, 3.05) is 0 Å². The molecule has 2 amide bonds. The summed E-state index contributed by atoms with van der Waals surface area (Å²) in [5, 5.41) is 15.8. The Morgan fingerprint density at radius 3 is 2.74 bits per heavy atom. The summed E-state index contributed by atoms with van der Waals surface area (Å²) in [5.74, 6) is -0.187. The van der Waals surface area contributed by atoms with Crippen LogP contribution in [0, 0.1) is 23.2 Å². The predicted octanol–water partition coefficient (Wildman–Crippen LogP) is 2.74. The number of para-hydroxylation sites is 1. The summed E-state index contributed by atoms with van der Waals surface area (Å²) in [5.41, 5.74) is 1.58. The van der Waals surface area contributed by atoms with Gasteiger partial charge >= 0.3 is 0 Å². The van der Waals surface area contributed by atoms with E-state index >= 15 is 0 Å². The van der Waals surface area contributed by atoms with Gasteiger partial charge in [-0.1, -0.05) is 25.1 Å². The fourth-order valence-corrected chi connectivity index (χ4v) is 3.96. The molecule has 6 heteroatoms. The molecule has 0 aliphatic heterocycles. The molecule has 0 bridgehead atoms. The van der Waals surface area contributed by atoms with Crippen LogP contribution in [0.2, 0.25) is 0 Å². The Hall–Kier alpha value is -2.81. The zero-order valence-corrected chi connectivity index (χ0v) is 16.0. The first-order valence-electron chi connectivity index (χ1n) is 9.46. The molecule has 1 aromatic heterocycles. The molecule has 1 fully saturated rings. The summed E-state index contributed by atoms with van der Waals surface area (Å²) < 4.78 is 1.88. The molecular formula is C21H26N4O2. The van der Waals surface area contributed by atoms with E-state index in [1.54, 1.807) is 6.92 Å². The Morgan fingerprint density at radius 2 is 2.04 bits per heavy atom. The summed E-state index contributed by atoms with van der Waals surface area (Å²) >= 11 is 0. The number of rotatable bonds is 4. The molecular weight excluding hydrogens is 340 g/mol. The van der Waals surface area contributed by atoms with Crippen molar-refractivity contribution >= 4 is 22.7 Å². The number of amides is 2. The highest BCUT2D eigenvalue weighted by molar-refractivity contribution is 5.99. The van der Waals surface area contributed by atoms with Crippen molar-refractivity contribution in [2.24, 2.45) is 18.9 Å². The maximum absolute atomic E-state index is 12.9. The number of aromatic nitrogens is 1. The molecule has 2 aromatic rings. The van der Waals surface area contributed by atoms with Crippen molar-refractivity contribution in [1.29, 1.82) is 5.26 Å². The van der Waals surface area contributed by atoms with Crippen molar-refractivity contribution in [3.63, 3.8) is 0 Å². The average molecular weight is 366 g/mol. The topological polar surface area (TPSA) is 86.9 Å². The standard InChI is InChI=1S/C21H26N4O2/c1-13-8-9-16(20(26)23-14(2)12-22)17(10-13)24-21(27)19-11-15-6-4-5-7-18(15)25(19)3/h4-7,11,13-14,16-17H,8-10H2,1-3H3,(H,23,26)(H,24,27). The molecule has 4 unspecified atom stereocenters. The number of nitrogens with one attached hydrogen (secondary N) is 2. The number of nitriles is 1. The molecule has 1 heterocycles. The first-order chi connectivity index (χ1) is 12.9. The fourth-order valence-electron chi connectivity index (χ4n) is 3.96. The lowest BCUT2D eigenvalue weighted by atomic mass is 9.78. The maximum Gasteiger partial charge on any atom is 0.268 e. The molecule has 0 spiro atoms. The SMILES string of the molecule is CC1CCC(C(=O)NC(C)C#N)C(NC(=O)c2cc3ccccc3n2C)C1. The monoisotopic (exact) mass is 366 g/mol. The Bertz CT molecular complexity index is 895. The molecule has 2 N–H and O–H groups in total. The van der Waals surface area contributed by atoms with Crippen LogP contribution in [0.15, 0.2) is 30.3 Å². The average Bonchev–Trinajstić information content (AvgIpc) is 2.99. The van der Waals surface area contributed by atoms with Crippen LogP contribution in [0.25, 0.3) is 10.9 Å². The summed E-state index contributed by atoms with van der Waals surface area (Å²) in [6, 6.07) is 11.0. The van der Waals surface area contributed by atoms with Gasteiger partial charge in [-0.25, -0.2) is 0 Å². The van der Waals surface area contributed by atoms with E-state index in [0.29, 0.717) is 18.0 Å². The number of carbonyl (C=O) groups is 2. The third kappa shape index (κ3) is 3.97. The number of fused-ring (bicyclic) bond motifs is 1.